The molecule has 138 valence electrons. The van der Waals surface area contributed by atoms with Crippen LogP contribution in [0.4, 0.5) is 5.69 Å². The summed E-state index contributed by atoms with van der Waals surface area (Å²) in [5.74, 6) is -0.441. The Morgan fingerprint density at radius 3 is 2.62 bits per heavy atom. The number of anilines is 1. The van der Waals surface area contributed by atoms with Crippen LogP contribution in [0.1, 0.15) is 27.8 Å². The Bertz CT molecular complexity index is 796. The lowest BCUT2D eigenvalue weighted by Crippen LogP contribution is -2.50. The normalized spacial score (nSPS) is 20.3. The van der Waals surface area contributed by atoms with Crippen molar-refractivity contribution in [3.05, 3.63) is 47.3 Å². The lowest BCUT2D eigenvalue weighted by molar-refractivity contribution is -0.157. The molecule has 2 atom stereocenters. The molecule has 0 spiro atoms. The van der Waals surface area contributed by atoms with Crippen LogP contribution in [0.5, 0.6) is 0 Å². The van der Waals surface area contributed by atoms with E-state index in [0.29, 0.717) is 11.4 Å². The predicted octanol–water partition coefficient (Wildman–Crippen LogP) is 0.871. The van der Waals surface area contributed by atoms with Gasteiger partial charge in [0.1, 0.15) is 12.7 Å². The number of aryl methyl sites for hydroxylation is 2. The molecule has 3 rings (SSSR count). The van der Waals surface area contributed by atoms with Crippen molar-refractivity contribution >= 4 is 17.5 Å². The van der Waals surface area contributed by atoms with Gasteiger partial charge in [-0.15, -0.1) is 0 Å². The highest BCUT2D eigenvalue weighted by Gasteiger charge is 2.34. The molecule has 1 aliphatic rings. The van der Waals surface area contributed by atoms with Crippen molar-refractivity contribution in [3.8, 4) is 0 Å². The number of aliphatic hydroxyl groups is 1. The number of aromatic nitrogens is 2. The van der Waals surface area contributed by atoms with Crippen LogP contribution < -0.4 is 5.32 Å². The number of nitrogens with one attached hydrogen (secondary N) is 1. The third-order valence-corrected chi connectivity index (χ3v) is 4.66. The van der Waals surface area contributed by atoms with E-state index in [2.05, 4.69) is 10.4 Å². The van der Waals surface area contributed by atoms with E-state index < -0.39 is 12.1 Å². The molecule has 1 fully saturated rings. The van der Waals surface area contributed by atoms with Gasteiger partial charge in [0.25, 0.3) is 5.91 Å². The predicted molar refractivity (Wildman–Crippen MR) is 94.7 cm³/mol. The molecule has 1 aliphatic heterocycles. The Labute approximate surface area is 151 Å². The summed E-state index contributed by atoms with van der Waals surface area (Å²) in [4.78, 5) is 25.5. The number of aliphatic hydroxyl groups excluding tert-OH is 1. The summed E-state index contributed by atoms with van der Waals surface area (Å²) in [6.45, 7) is 1.67. The van der Waals surface area contributed by atoms with Gasteiger partial charge < -0.3 is 20.1 Å². The first-order chi connectivity index (χ1) is 12.4. The van der Waals surface area contributed by atoms with Crippen LogP contribution in [0.3, 0.4) is 0 Å². The molecule has 0 bridgehead atoms. The molecule has 8 heteroatoms. The molecule has 1 aromatic heterocycles. The van der Waals surface area contributed by atoms with Gasteiger partial charge >= 0.3 is 0 Å². The number of carbonyl (C=O) groups excluding carboxylic acids is 2. The number of hydrogen-bond donors (Lipinski definition) is 2. The number of amides is 2. The second-order valence-electron chi connectivity index (χ2n) is 6.36. The Kier molecular flexibility index (Phi) is 5.06. The zero-order valence-electron chi connectivity index (χ0n) is 15.0. The van der Waals surface area contributed by atoms with Crippen molar-refractivity contribution in [1.82, 2.24) is 14.7 Å². The lowest BCUT2D eigenvalue weighted by Gasteiger charge is -2.38. The quantitative estimate of drug-likeness (QED) is 0.845. The summed E-state index contributed by atoms with van der Waals surface area (Å²) in [6.07, 6.45) is -0.411. The first-order valence-electron chi connectivity index (χ1n) is 8.30. The van der Waals surface area contributed by atoms with Crippen LogP contribution in [0.2, 0.25) is 0 Å². The van der Waals surface area contributed by atoms with Crippen LogP contribution in [0, 0.1) is 6.92 Å². The number of carbonyl (C=O) groups is 2. The monoisotopic (exact) mass is 358 g/mol. The summed E-state index contributed by atoms with van der Waals surface area (Å²) in [5, 5.41) is 16.5. The highest BCUT2D eigenvalue weighted by atomic mass is 16.5. The van der Waals surface area contributed by atoms with E-state index in [4.69, 9.17) is 4.74 Å². The second-order valence-corrected chi connectivity index (χ2v) is 6.36. The standard InChI is InChI=1S/C18H22N4O4/c1-11-8-14(20-22(11)3)18(25)19-13-6-4-12(5-7-13)17-15(9-23)21(2)16(24)10-26-17/h4-8,15,17,23H,9-10H2,1-3H3,(H,19,25)/t15-,17-/m1/s1. The molecular formula is C18H22N4O4. The first kappa shape index (κ1) is 18.1. The molecular weight excluding hydrogens is 336 g/mol. The Morgan fingerprint density at radius 1 is 1.35 bits per heavy atom. The second kappa shape index (κ2) is 7.27. The van der Waals surface area contributed by atoms with Crippen molar-refractivity contribution in [2.45, 2.75) is 19.1 Å². The van der Waals surface area contributed by atoms with Gasteiger partial charge in [-0.25, -0.2) is 0 Å². The molecule has 2 N–H and O–H groups in total. The molecule has 0 saturated carbocycles. The SMILES string of the molecule is Cc1cc(C(=O)Nc2ccc([C@H]3OCC(=O)N(C)[C@@H]3CO)cc2)nn1C. The van der Waals surface area contributed by atoms with E-state index >= 15 is 0 Å². The smallest absolute Gasteiger partial charge is 0.276 e. The molecule has 8 nitrogen and oxygen atoms in total. The maximum absolute atomic E-state index is 12.3. The Balaban J connectivity index is 1.72. The van der Waals surface area contributed by atoms with Gasteiger partial charge in [-0.3, -0.25) is 14.3 Å². The zero-order chi connectivity index (χ0) is 18.8. The van der Waals surface area contributed by atoms with Crippen LogP contribution in [-0.2, 0) is 16.6 Å². The van der Waals surface area contributed by atoms with Gasteiger partial charge in [-0.05, 0) is 30.7 Å². The van der Waals surface area contributed by atoms with Crippen LogP contribution >= 0.6 is 0 Å². The van der Waals surface area contributed by atoms with Crippen LogP contribution in [0.25, 0.3) is 0 Å². The van der Waals surface area contributed by atoms with E-state index in [1.807, 2.05) is 19.1 Å². The third-order valence-electron chi connectivity index (χ3n) is 4.66. The van der Waals surface area contributed by atoms with Gasteiger partial charge in [-0.1, -0.05) is 12.1 Å². The summed E-state index contributed by atoms with van der Waals surface area (Å²) >= 11 is 0. The maximum atomic E-state index is 12.3. The van der Waals surface area contributed by atoms with E-state index in [1.54, 1.807) is 37.0 Å². The third kappa shape index (κ3) is 3.47. The summed E-state index contributed by atoms with van der Waals surface area (Å²) in [7, 11) is 3.44. The minimum atomic E-state index is -0.437. The van der Waals surface area contributed by atoms with Crippen molar-refractivity contribution in [1.29, 1.82) is 0 Å². The van der Waals surface area contributed by atoms with Gasteiger partial charge in [0.05, 0.1) is 12.6 Å². The average molecular weight is 358 g/mol. The Morgan fingerprint density at radius 2 is 2.04 bits per heavy atom. The summed E-state index contributed by atoms with van der Waals surface area (Å²) < 4.78 is 7.25. The van der Waals surface area contributed by atoms with Crippen molar-refractivity contribution in [2.24, 2.45) is 7.05 Å². The Hall–Kier alpha value is -2.71. The molecule has 0 aliphatic carbocycles. The van der Waals surface area contributed by atoms with Crippen molar-refractivity contribution in [2.75, 3.05) is 25.6 Å². The zero-order valence-corrected chi connectivity index (χ0v) is 15.0. The maximum Gasteiger partial charge on any atom is 0.276 e. The number of ether oxygens (including phenoxy) is 1. The molecule has 2 aromatic rings. The van der Waals surface area contributed by atoms with Crippen molar-refractivity contribution < 1.29 is 19.4 Å². The van der Waals surface area contributed by atoms with E-state index in [9.17, 15) is 14.7 Å². The minimum Gasteiger partial charge on any atom is -0.394 e. The van der Waals surface area contributed by atoms with Crippen molar-refractivity contribution in [3.63, 3.8) is 0 Å². The number of hydrogen-bond acceptors (Lipinski definition) is 5. The number of benzene rings is 1. The fourth-order valence-electron chi connectivity index (χ4n) is 2.92. The summed E-state index contributed by atoms with van der Waals surface area (Å²) in [5.41, 5.74) is 2.71. The van der Waals surface area contributed by atoms with Crippen LogP contribution in [0.15, 0.2) is 30.3 Å². The summed E-state index contributed by atoms with van der Waals surface area (Å²) in [6, 6.07) is 8.44. The number of morpholine rings is 1. The fraction of sp³-hybridized carbons (Fsp3) is 0.389. The van der Waals surface area contributed by atoms with Gasteiger partial charge in [0.15, 0.2) is 5.69 Å². The molecule has 1 saturated heterocycles. The average Bonchev–Trinajstić information content (AvgIpc) is 2.97. The van der Waals surface area contributed by atoms with Gasteiger partial charge in [0.2, 0.25) is 5.91 Å². The van der Waals surface area contributed by atoms with E-state index in [0.717, 1.165) is 11.3 Å². The molecule has 2 amide bonds. The highest BCUT2D eigenvalue weighted by molar-refractivity contribution is 6.02. The van der Waals surface area contributed by atoms with E-state index in [1.165, 1.54) is 4.90 Å². The molecule has 1 aromatic carbocycles. The van der Waals surface area contributed by atoms with Gasteiger partial charge in [-0.2, -0.15) is 5.10 Å². The largest absolute Gasteiger partial charge is 0.394 e. The van der Waals surface area contributed by atoms with E-state index in [-0.39, 0.29) is 25.0 Å². The molecule has 0 radical (unpaired) electrons. The number of rotatable bonds is 4. The topological polar surface area (TPSA) is 96.7 Å². The van der Waals surface area contributed by atoms with Crippen LogP contribution in [-0.4, -0.2) is 57.9 Å². The molecule has 0 unspecified atom stereocenters. The number of likely N-dealkylation sites (N-methyl/N-ethyl adjacent to an activating group) is 1. The number of nitrogens with zero attached hydrogens (tertiary/aromatic N) is 3. The lowest BCUT2D eigenvalue weighted by atomic mass is 9.99. The fourth-order valence-corrected chi connectivity index (χ4v) is 2.92. The molecule has 2 heterocycles. The molecule has 26 heavy (non-hydrogen) atoms. The minimum absolute atomic E-state index is 0.0187. The highest BCUT2D eigenvalue weighted by Crippen LogP contribution is 2.29. The first-order valence-corrected chi connectivity index (χ1v) is 8.30. The van der Waals surface area contributed by atoms with Gasteiger partial charge in [0, 0.05) is 25.5 Å².